The summed E-state index contributed by atoms with van der Waals surface area (Å²) >= 11 is 0. The van der Waals surface area contributed by atoms with Crippen LogP contribution in [0.5, 0.6) is 0 Å². The first-order valence-electron chi connectivity index (χ1n) is 6.74. The summed E-state index contributed by atoms with van der Waals surface area (Å²) in [4.78, 5) is 0. The molecule has 0 bridgehead atoms. The van der Waals surface area contributed by atoms with Crippen molar-refractivity contribution in [3.05, 3.63) is 0 Å². The Morgan fingerprint density at radius 3 is 2.33 bits per heavy atom. The number of rotatable bonds is 7. The average Bonchev–Trinajstić information content (AvgIpc) is 2.92. The van der Waals surface area contributed by atoms with Crippen LogP contribution in [0.25, 0.3) is 0 Å². The summed E-state index contributed by atoms with van der Waals surface area (Å²) in [6, 6.07) is 0.874. The van der Waals surface area contributed by atoms with Crippen LogP contribution in [0, 0.1) is 11.3 Å². The summed E-state index contributed by atoms with van der Waals surface area (Å²) in [6.45, 7) is 10.6. The summed E-state index contributed by atoms with van der Waals surface area (Å²) in [6.07, 6.45) is 8.33. The first-order valence-corrected chi connectivity index (χ1v) is 6.74. The molecule has 0 amide bonds. The summed E-state index contributed by atoms with van der Waals surface area (Å²) < 4.78 is 0. The van der Waals surface area contributed by atoms with E-state index in [4.69, 9.17) is 0 Å². The van der Waals surface area contributed by atoms with E-state index in [-0.39, 0.29) is 0 Å². The molecular weight excluding hydrogens is 182 g/mol. The quantitative estimate of drug-likeness (QED) is 0.671. The van der Waals surface area contributed by atoms with Gasteiger partial charge in [0.2, 0.25) is 0 Å². The number of hydrogen-bond acceptors (Lipinski definition) is 1. The highest BCUT2D eigenvalue weighted by molar-refractivity contribution is 4.82. The van der Waals surface area contributed by atoms with Crippen molar-refractivity contribution in [3.8, 4) is 0 Å². The Balaban J connectivity index is 2.16. The fraction of sp³-hybridized carbons (Fsp3) is 1.00. The minimum absolute atomic E-state index is 0.506. The van der Waals surface area contributed by atoms with Crippen molar-refractivity contribution in [3.63, 3.8) is 0 Å². The number of nitrogens with one attached hydrogen (secondary N) is 1. The standard InChI is InChI=1S/C14H29N/c1-5-6-12(9-10-14(2,3)4)11-15-13-7-8-13/h12-13,15H,5-11H2,1-4H3. The summed E-state index contributed by atoms with van der Waals surface area (Å²) in [7, 11) is 0. The maximum atomic E-state index is 3.68. The Labute approximate surface area is 96.0 Å². The molecule has 90 valence electrons. The lowest BCUT2D eigenvalue weighted by atomic mass is 9.85. The molecule has 0 aromatic rings. The van der Waals surface area contributed by atoms with E-state index in [0.717, 1.165) is 12.0 Å². The molecule has 0 saturated heterocycles. The first-order chi connectivity index (χ1) is 7.01. The fourth-order valence-corrected chi connectivity index (χ4v) is 2.01. The molecule has 1 rings (SSSR count). The Hall–Kier alpha value is -0.0400. The molecule has 1 aliphatic rings. The minimum Gasteiger partial charge on any atom is -0.314 e. The van der Waals surface area contributed by atoms with E-state index in [0.29, 0.717) is 5.41 Å². The van der Waals surface area contributed by atoms with Crippen LogP contribution in [-0.4, -0.2) is 12.6 Å². The summed E-state index contributed by atoms with van der Waals surface area (Å²) in [5.74, 6) is 0.912. The lowest BCUT2D eigenvalue weighted by Crippen LogP contribution is -2.25. The highest BCUT2D eigenvalue weighted by atomic mass is 14.9. The van der Waals surface area contributed by atoms with Gasteiger partial charge in [-0.3, -0.25) is 0 Å². The van der Waals surface area contributed by atoms with Crippen molar-refractivity contribution >= 4 is 0 Å². The van der Waals surface area contributed by atoms with Crippen LogP contribution < -0.4 is 5.32 Å². The van der Waals surface area contributed by atoms with Gasteiger partial charge in [0.25, 0.3) is 0 Å². The smallest absolute Gasteiger partial charge is 0.00683 e. The zero-order valence-corrected chi connectivity index (χ0v) is 11.1. The lowest BCUT2D eigenvalue weighted by molar-refractivity contribution is 0.304. The van der Waals surface area contributed by atoms with Gasteiger partial charge in [0, 0.05) is 6.04 Å². The molecule has 0 aliphatic heterocycles. The van der Waals surface area contributed by atoms with Crippen molar-refractivity contribution in [1.29, 1.82) is 0 Å². The largest absolute Gasteiger partial charge is 0.314 e. The van der Waals surface area contributed by atoms with Crippen LogP contribution in [0.1, 0.15) is 66.2 Å². The van der Waals surface area contributed by atoms with Crippen molar-refractivity contribution in [2.24, 2.45) is 11.3 Å². The Morgan fingerprint density at radius 2 is 1.87 bits per heavy atom. The van der Waals surface area contributed by atoms with Crippen LogP contribution in [0.4, 0.5) is 0 Å². The van der Waals surface area contributed by atoms with Crippen LogP contribution in [0.2, 0.25) is 0 Å². The maximum absolute atomic E-state index is 3.68. The Morgan fingerprint density at radius 1 is 1.20 bits per heavy atom. The normalized spacial score (nSPS) is 19.2. The predicted molar refractivity (Wildman–Crippen MR) is 68.1 cm³/mol. The molecular formula is C14H29N. The van der Waals surface area contributed by atoms with Crippen LogP contribution >= 0.6 is 0 Å². The second-order valence-electron chi connectivity index (χ2n) is 6.44. The Kier molecular flexibility index (Phi) is 5.11. The third kappa shape index (κ3) is 6.94. The molecule has 1 heteroatoms. The van der Waals surface area contributed by atoms with E-state index in [1.54, 1.807) is 0 Å². The maximum Gasteiger partial charge on any atom is 0.00683 e. The Bertz CT molecular complexity index is 165. The molecule has 0 radical (unpaired) electrons. The fourth-order valence-electron chi connectivity index (χ4n) is 2.01. The second kappa shape index (κ2) is 5.89. The topological polar surface area (TPSA) is 12.0 Å². The first kappa shape index (κ1) is 13.0. The minimum atomic E-state index is 0.506. The molecule has 1 unspecified atom stereocenters. The van der Waals surface area contributed by atoms with Crippen LogP contribution in [0.15, 0.2) is 0 Å². The third-order valence-corrected chi connectivity index (χ3v) is 3.27. The third-order valence-electron chi connectivity index (χ3n) is 3.27. The van der Waals surface area contributed by atoms with E-state index in [9.17, 15) is 0 Å². The van der Waals surface area contributed by atoms with E-state index in [1.807, 2.05) is 0 Å². The van der Waals surface area contributed by atoms with Crippen molar-refractivity contribution in [2.45, 2.75) is 72.3 Å². The molecule has 1 atom stereocenters. The molecule has 0 spiro atoms. The van der Waals surface area contributed by atoms with E-state index < -0.39 is 0 Å². The van der Waals surface area contributed by atoms with Gasteiger partial charge in [-0.15, -0.1) is 0 Å². The highest BCUT2D eigenvalue weighted by Crippen LogP contribution is 2.26. The lowest BCUT2D eigenvalue weighted by Gasteiger charge is -2.23. The van der Waals surface area contributed by atoms with Gasteiger partial charge >= 0.3 is 0 Å². The summed E-state index contributed by atoms with van der Waals surface area (Å²) in [5.41, 5.74) is 0.506. The van der Waals surface area contributed by atoms with Gasteiger partial charge in [0.15, 0.2) is 0 Å². The predicted octanol–water partition coefficient (Wildman–Crippen LogP) is 3.98. The van der Waals surface area contributed by atoms with Crippen molar-refractivity contribution in [1.82, 2.24) is 5.32 Å². The van der Waals surface area contributed by atoms with Gasteiger partial charge in [-0.2, -0.15) is 0 Å². The summed E-state index contributed by atoms with van der Waals surface area (Å²) in [5, 5.41) is 3.68. The molecule has 1 aliphatic carbocycles. The molecule has 15 heavy (non-hydrogen) atoms. The molecule has 0 heterocycles. The molecule has 1 fully saturated rings. The zero-order valence-electron chi connectivity index (χ0n) is 11.1. The van der Waals surface area contributed by atoms with Gasteiger partial charge in [-0.1, -0.05) is 34.1 Å². The molecule has 1 saturated carbocycles. The second-order valence-corrected chi connectivity index (χ2v) is 6.44. The molecule has 1 nitrogen and oxygen atoms in total. The van der Waals surface area contributed by atoms with Gasteiger partial charge in [0.1, 0.15) is 0 Å². The monoisotopic (exact) mass is 211 g/mol. The van der Waals surface area contributed by atoms with Crippen LogP contribution in [0.3, 0.4) is 0 Å². The molecule has 1 N–H and O–H groups in total. The zero-order chi connectivity index (χ0) is 11.3. The van der Waals surface area contributed by atoms with Gasteiger partial charge in [-0.05, 0) is 50.0 Å². The molecule has 0 aromatic carbocycles. The SMILES string of the molecule is CCCC(CCC(C)(C)C)CNC1CC1. The van der Waals surface area contributed by atoms with Gasteiger partial charge < -0.3 is 5.32 Å². The van der Waals surface area contributed by atoms with Crippen molar-refractivity contribution in [2.75, 3.05) is 6.54 Å². The van der Waals surface area contributed by atoms with Crippen molar-refractivity contribution < 1.29 is 0 Å². The van der Waals surface area contributed by atoms with E-state index >= 15 is 0 Å². The average molecular weight is 211 g/mol. The van der Waals surface area contributed by atoms with Crippen LogP contribution in [-0.2, 0) is 0 Å². The molecule has 0 aromatic heterocycles. The number of hydrogen-bond donors (Lipinski definition) is 1. The van der Waals surface area contributed by atoms with Gasteiger partial charge in [-0.25, -0.2) is 0 Å². The highest BCUT2D eigenvalue weighted by Gasteiger charge is 2.22. The van der Waals surface area contributed by atoms with Gasteiger partial charge in [0.05, 0.1) is 0 Å². The van der Waals surface area contributed by atoms with E-state index in [1.165, 1.54) is 45.1 Å². The van der Waals surface area contributed by atoms with E-state index in [2.05, 4.69) is 33.0 Å².